The van der Waals surface area contributed by atoms with Crippen LogP contribution in [0.4, 0.5) is 4.79 Å². The van der Waals surface area contributed by atoms with Gasteiger partial charge in [-0.1, -0.05) is 84.0 Å². The first-order chi connectivity index (χ1) is 36.8. The third-order valence-electron chi connectivity index (χ3n) is 12.7. The number of nitrogens with zero attached hydrogens (tertiary/aromatic N) is 2. The van der Waals surface area contributed by atoms with Gasteiger partial charge in [0.1, 0.15) is 48.8 Å². The minimum Gasteiger partial charge on any atom is -0.370 e. The van der Waals surface area contributed by atoms with Crippen LogP contribution in [-0.4, -0.2) is 158 Å². The second kappa shape index (κ2) is 27.7. The SMILES string of the molecule is CC(=O)[C@@H]1CSSC[C@H](NC(=O)CN2C(=O)N[C@@H](C(C)C)C2=O)C(=O)N[C@H](C)C(=O)N[C@@H](Cc2cnc[nH]2)C(=O)N[C@H](Cc2ccccc2)C(=O)N[C@@H](CCCNC(=N)N)C(=O)N[C@@H](Cc2c[nH]c3ccccc23)C(=O)N1. The fourth-order valence-corrected chi connectivity index (χ4v) is 10.8. The van der Waals surface area contributed by atoms with Crippen molar-refractivity contribution in [2.45, 2.75) is 108 Å². The Balaban J connectivity index is 1.35. The molecule has 412 valence electrons. The summed E-state index contributed by atoms with van der Waals surface area (Å²) in [5, 5.41) is 32.5. The van der Waals surface area contributed by atoms with Gasteiger partial charge in [0.25, 0.3) is 5.91 Å². The predicted octanol–water partition coefficient (Wildman–Crippen LogP) is -0.844. The second-order valence-corrected chi connectivity index (χ2v) is 21.5. The molecule has 6 rings (SSSR count). The summed E-state index contributed by atoms with van der Waals surface area (Å²) < 4.78 is 0. The molecule has 2 fully saturated rings. The van der Waals surface area contributed by atoms with Crippen molar-refractivity contribution in [1.29, 1.82) is 5.41 Å². The van der Waals surface area contributed by atoms with Gasteiger partial charge in [-0.05, 0) is 49.8 Å². The Hall–Kier alpha value is -7.94. The summed E-state index contributed by atoms with van der Waals surface area (Å²) in [6, 6.07) is 4.99. The number of aromatic amines is 2. The molecule has 0 saturated carbocycles. The van der Waals surface area contributed by atoms with Crippen LogP contribution in [0.25, 0.3) is 10.9 Å². The van der Waals surface area contributed by atoms with Crippen LogP contribution < -0.4 is 53.6 Å². The van der Waals surface area contributed by atoms with Crippen molar-refractivity contribution in [3.05, 3.63) is 90.1 Å². The number of hydrogen-bond acceptors (Lipinski definition) is 14. The fraction of sp³-hybridized carbons (Fsp3) is 0.440. The number of rotatable bonds is 15. The quantitative estimate of drug-likeness (QED) is 0.0227. The van der Waals surface area contributed by atoms with E-state index in [1.165, 1.54) is 26.4 Å². The summed E-state index contributed by atoms with van der Waals surface area (Å²) in [6.07, 6.45) is 4.32. The molecule has 0 spiro atoms. The van der Waals surface area contributed by atoms with Crippen LogP contribution in [0.1, 0.15) is 57.4 Å². The number of urea groups is 1. The van der Waals surface area contributed by atoms with Crippen LogP contribution in [0.2, 0.25) is 0 Å². The van der Waals surface area contributed by atoms with Gasteiger partial charge in [0.15, 0.2) is 11.7 Å². The van der Waals surface area contributed by atoms with Crippen molar-refractivity contribution in [2.75, 3.05) is 24.6 Å². The molecule has 0 unspecified atom stereocenters. The lowest BCUT2D eigenvalue weighted by atomic mass is 10.0. The van der Waals surface area contributed by atoms with Crippen LogP contribution in [0, 0.1) is 11.3 Å². The summed E-state index contributed by atoms with van der Waals surface area (Å²) in [6.45, 7) is 5.46. The van der Waals surface area contributed by atoms with Gasteiger partial charge < -0.3 is 63.6 Å². The number of amides is 10. The molecule has 2 saturated heterocycles. The van der Waals surface area contributed by atoms with Crippen LogP contribution in [0.15, 0.2) is 73.3 Å². The lowest BCUT2D eigenvalue weighted by molar-refractivity contribution is -0.135. The van der Waals surface area contributed by atoms with Gasteiger partial charge in [-0.25, -0.2) is 9.78 Å². The number of guanidine groups is 1. The minimum atomic E-state index is -1.41. The summed E-state index contributed by atoms with van der Waals surface area (Å²) in [5.74, 6) is -7.70. The number of fused-ring (bicyclic) bond motifs is 1. The molecule has 0 aliphatic carbocycles. The van der Waals surface area contributed by atoms with E-state index in [2.05, 4.69) is 62.8 Å². The summed E-state index contributed by atoms with van der Waals surface area (Å²) in [5.41, 5.74) is 7.96. The zero-order valence-corrected chi connectivity index (χ0v) is 44.5. The Morgan fingerprint density at radius 1 is 0.753 bits per heavy atom. The van der Waals surface area contributed by atoms with Crippen molar-refractivity contribution >= 4 is 97.5 Å². The number of aromatic nitrogens is 3. The average Bonchev–Trinajstić information content (AvgIpc) is 4.14. The minimum absolute atomic E-state index is 0.0386. The number of hydrogen-bond donors (Lipinski definition) is 13. The monoisotopic (exact) mass is 1100 g/mol. The molecular formula is C50H65N15O10S2. The van der Waals surface area contributed by atoms with Gasteiger partial charge in [-0.15, -0.1) is 0 Å². The van der Waals surface area contributed by atoms with Gasteiger partial charge in [-0.3, -0.25) is 53.5 Å². The second-order valence-electron chi connectivity index (χ2n) is 18.9. The highest BCUT2D eigenvalue weighted by molar-refractivity contribution is 8.76. The van der Waals surface area contributed by atoms with E-state index in [4.69, 9.17) is 11.1 Å². The number of nitrogens with two attached hydrogens (primary N) is 1. The number of imide groups is 1. The van der Waals surface area contributed by atoms with Crippen molar-refractivity contribution < 1.29 is 47.9 Å². The van der Waals surface area contributed by atoms with Crippen LogP contribution >= 0.6 is 21.6 Å². The zero-order chi connectivity index (χ0) is 55.8. The van der Waals surface area contributed by atoms with Crippen molar-refractivity contribution in [3.63, 3.8) is 0 Å². The summed E-state index contributed by atoms with van der Waals surface area (Å²) in [4.78, 5) is 150. The average molecular weight is 1100 g/mol. The van der Waals surface area contributed by atoms with Crippen molar-refractivity contribution in [2.24, 2.45) is 11.7 Å². The third-order valence-corrected chi connectivity index (χ3v) is 15.1. The smallest absolute Gasteiger partial charge is 0.325 e. The van der Waals surface area contributed by atoms with Gasteiger partial charge in [0, 0.05) is 66.3 Å². The Bertz CT molecular complexity index is 2800. The molecule has 8 atom stereocenters. The molecule has 4 heterocycles. The number of benzene rings is 2. The molecular weight excluding hydrogens is 1030 g/mol. The van der Waals surface area contributed by atoms with Crippen LogP contribution in [0.3, 0.4) is 0 Å². The molecule has 14 N–H and O–H groups in total. The Labute approximate surface area is 451 Å². The molecule has 77 heavy (non-hydrogen) atoms. The molecule has 10 amide bonds. The molecule has 2 aliphatic rings. The van der Waals surface area contributed by atoms with E-state index in [9.17, 15) is 47.9 Å². The van der Waals surface area contributed by atoms with E-state index in [0.29, 0.717) is 16.8 Å². The molecule has 2 aromatic carbocycles. The lowest BCUT2D eigenvalue weighted by Gasteiger charge is -2.27. The summed E-state index contributed by atoms with van der Waals surface area (Å²) in [7, 11) is 2.10. The first kappa shape index (κ1) is 58.3. The number of carbonyl (C=O) groups is 10. The molecule has 0 bridgehead atoms. The molecule has 4 aromatic rings. The third kappa shape index (κ3) is 16.8. The number of nitrogens with one attached hydrogen (secondary N) is 12. The predicted molar refractivity (Wildman–Crippen MR) is 287 cm³/mol. The van der Waals surface area contributed by atoms with Gasteiger partial charge in [-0.2, -0.15) is 0 Å². The van der Waals surface area contributed by atoms with Gasteiger partial charge >= 0.3 is 6.03 Å². The highest BCUT2D eigenvalue weighted by Crippen LogP contribution is 2.25. The first-order valence-corrected chi connectivity index (χ1v) is 27.4. The number of ketones is 1. The largest absolute Gasteiger partial charge is 0.370 e. The maximum absolute atomic E-state index is 14.6. The Morgan fingerprint density at radius 2 is 1.38 bits per heavy atom. The topological polar surface area (TPSA) is 377 Å². The standard InChI is InChI=1S/C50H65N15O10S2/c1-26(2)41-48(74)65(50(75)64-41)22-40(67)58-39-24-77-76-23-38(28(4)66)63-45(71)36(18-30-20-55-33-14-9-8-13-32(30)33)62-43(69)34(15-10-16-54-49(51)52)59-44(70)35(17-29-11-6-5-7-12-29)61-46(72)37(19-31-21-53-25-56-31)60-42(68)27(3)57-47(39)73/h5-9,11-14,20-21,25-27,34-39,41,55H,10,15-19,22-24H2,1-4H3,(H,53,56)(H,57,73)(H,58,67)(H,59,70)(H,60,68)(H,61,72)(H,62,69)(H,63,71)(H,64,75)(H4,51,52,54)/t27-,34+,35-,36+,37+,38+,39+,41+/m1/s1. The van der Waals surface area contributed by atoms with E-state index >= 15 is 0 Å². The maximum Gasteiger partial charge on any atom is 0.325 e. The van der Waals surface area contributed by atoms with E-state index in [1.807, 2.05) is 24.3 Å². The lowest BCUT2D eigenvalue weighted by Crippen LogP contribution is -2.60. The molecule has 2 aromatic heterocycles. The van der Waals surface area contributed by atoms with Gasteiger partial charge in [0.2, 0.25) is 41.4 Å². The zero-order valence-electron chi connectivity index (χ0n) is 42.9. The van der Waals surface area contributed by atoms with Crippen LogP contribution in [-0.2, 0) is 62.4 Å². The number of H-pyrrole nitrogens is 2. The van der Waals surface area contributed by atoms with E-state index in [-0.39, 0.29) is 62.0 Å². The molecule has 25 nitrogen and oxygen atoms in total. The fourth-order valence-electron chi connectivity index (χ4n) is 8.38. The number of Topliss-reactive ketones (excluding diaryl/α,β-unsaturated/α-hetero) is 1. The summed E-state index contributed by atoms with van der Waals surface area (Å²) >= 11 is 0. The Kier molecular flexibility index (Phi) is 21.0. The number of carbonyl (C=O) groups excluding carboxylic acids is 10. The maximum atomic E-state index is 14.6. The van der Waals surface area contributed by atoms with Gasteiger partial charge in [0.05, 0.1) is 12.4 Å². The van der Waals surface area contributed by atoms with Crippen molar-refractivity contribution in [1.82, 2.24) is 67.7 Å². The molecule has 27 heteroatoms. The van der Waals surface area contributed by atoms with E-state index in [1.54, 1.807) is 50.4 Å². The van der Waals surface area contributed by atoms with Crippen LogP contribution in [0.5, 0.6) is 0 Å². The Morgan fingerprint density at radius 3 is 2.04 bits per heavy atom. The number of imidazole rings is 1. The normalized spacial score (nSPS) is 23.7. The highest BCUT2D eigenvalue weighted by atomic mass is 33.1. The van der Waals surface area contributed by atoms with Crippen molar-refractivity contribution in [3.8, 4) is 0 Å². The molecule has 0 radical (unpaired) electrons. The highest BCUT2D eigenvalue weighted by Gasteiger charge is 2.41. The molecule has 2 aliphatic heterocycles. The van der Waals surface area contributed by atoms with E-state index < -0.39 is 114 Å². The first-order valence-electron chi connectivity index (χ1n) is 24.9. The number of para-hydroxylation sites is 1. The van der Waals surface area contributed by atoms with E-state index in [0.717, 1.165) is 37.4 Å².